The Morgan fingerprint density at radius 1 is 0.902 bits per heavy atom. The summed E-state index contributed by atoms with van der Waals surface area (Å²) in [5.41, 5.74) is 3.54. The number of likely N-dealkylation sites (tertiary alicyclic amines) is 1. The summed E-state index contributed by atoms with van der Waals surface area (Å²) in [5, 5.41) is 35.1. The third-order valence-corrected chi connectivity index (χ3v) is 10.9. The molecule has 3 aromatic carbocycles. The molecule has 2 fully saturated rings. The highest BCUT2D eigenvalue weighted by molar-refractivity contribution is 5.98. The maximum atomic E-state index is 13.9. The summed E-state index contributed by atoms with van der Waals surface area (Å²) < 4.78 is 11.3. The number of benzene rings is 3. The molecule has 1 saturated carbocycles. The van der Waals surface area contributed by atoms with Crippen LogP contribution in [0.3, 0.4) is 0 Å². The molecule has 5 amide bonds. The fourth-order valence-electron chi connectivity index (χ4n) is 7.60. The number of piperidine rings is 1. The van der Waals surface area contributed by atoms with Crippen LogP contribution in [0.5, 0.6) is 5.75 Å². The largest absolute Gasteiger partial charge is 0.493 e. The Labute approximate surface area is 354 Å². The van der Waals surface area contributed by atoms with Crippen LogP contribution in [0.25, 0.3) is 22.5 Å². The van der Waals surface area contributed by atoms with E-state index in [1.54, 1.807) is 36.4 Å². The van der Waals surface area contributed by atoms with Crippen LogP contribution in [-0.2, 0) is 20.7 Å². The van der Waals surface area contributed by atoms with Gasteiger partial charge in [0.15, 0.2) is 0 Å². The Morgan fingerprint density at radius 3 is 2.21 bits per heavy atom. The number of tetrazole rings is 1. The number of alkyl carbamates (subject to hydrolysis) is 1. The third kappa shape index (κ3) is 12.5. The summed E-state index contributed by atoms with van der Waals surface area (Å²) >= 11 is 0. The number of carbonyl (C=O) groups is 5. The molecule has 2 aliphatic rings. The van der Waals surface area contributed by atoms with Crippen molar-refractivity contribution in [1.29, 1.82) is 0 Å². The number of carboxylic acid groups (broad SMARTS) is 1. The lowest BCUT2D eigenvalue weighted by molar-refractivity contribution is -0.130. The minimum absolute atomic E-state index is 0.125. The number of aromatic nitrogens is 4. The first-order valence-corrected chi connectivity index (χ1v) is 20.8. The van der Waals surface area contributed by atoms with Gasteiger partial charge in [-0.3, -0.25) is 14.4 Å². The van der Waals surface area contributed by atoms with E-state index < -0.39 is 23.8 Å². The smallest absolute Gasteiger partial charge is 0.407 e. The van der Waals surface area contributed by atoms with Crippen LogP contribution >= 0.6 is 0 Å². The normalized spacial score (nSPS) is 17.4. The minimum atomic E-state index is -0.954. The average molecular weight is 838 g/mol. The first kappa shape index (κ1) is 44.0. The molecule has 1 saturated heterocycles. The second kappa shape index (κ2) is 20.2. The number of nitrogens with one attached hydrogen (secondary N) is 5. The Kier molecular flexibility index (Phi) is 14.6. The number of ether oxygens (including phenoxy) is 2. The number of anilines is 1. The van der Waals surface area contributed by atoms with Gasteiger partial charge in [0.1, 0.15) is 17.4 Å². The molecule has 0 spiro atoms. The number of carbonyl (C=O) groups excluding carboxylic acids is 4. The van der Waals surface area contributed by atoms with Crippen LogP contribution in [-0.4, -0.2) is 104 Å². The standard InChI is InChI=1S/C44H55N9O8/c1-5-60-37-25-32(40(55)46-34-20-22-53(23-21-34)43(58)59)16-19-35(37)29-10-6-27(7-11-29)24-36(41(56)47-33-17-14-30(15-18-33)38-49-51-52-50-38)48-39(54)31-12-8-28(9-13-31)26-45-42(57)61-44(2,3)4/h6-7,10-11,14-19,25,28,31,34,36H,5,8-9,12-13,20-24,26H2,1-4H3,(H,45,57)(H,46,55)(H,47,56)(H,48,54)(H,58,59)(H,49,50,51,52)/t28-,31-,36-/m0/s1. The van der Waals surface area contributed by atoms with Crippen molar-refractivity contribution >= 4 is 35.6 Å². The van der Waals surface area contributed by atoms with Crippen LogP contribution in [0, 0.1) is 11.8 Å². The zero-order valence-corrected chi connectivity index (χ0v) is 35.0. The molecule has 0 unspecified atom stereocenters. The molecular formula is C44H55N9O8. The van der Waals surface area contributed by atoms with Crippen molar-refractivity contribution < 1.29 is 38.6 Å². The van der Waals surface area contributed by atoms with E-state index in [2.05, 4.69) is 41.9 Å². The molecule has 1 atom stereocenters. The van der Waals surface area contributed by atoms with Gasteiger partial charge in [0.05, 0.1) is 6.61 Å². The highest BCUT2D eigenvalue weighted by Crippen LogP contribution is 2.33. The molecule has 4 aromatic rings. The van der Waals surface area contributed by atoms with E-state index in [4.69, 9.17) is 9.47 Å². The van der Waals surface area contributed by atoms with Crippen LogP contribution < -0.4 is 26.0 Å². The predicted molar refractivity (Wildman–Crippen MR) is 227 cm³/mol. The molecule has 6 N–H and O–H groups in total. The molecule has 1 aromatic heterocycles. The molecule has 324 valence electrons. The van der Waals surface area contributed by atoms with Crippen molar-refractivity contribution in [3.05, 3.63) is 77.9 Å². The molecule has 61 heavy (non-hydrogen) atoms. The molecule has 1 aliphatic heterocycles. The monoisotopic (exact) mass is 837 g/mol. The molecule has 0 radical (unpaired) electrons. The summed E-state index contributed by atoms with van der Waals surface area (Å²) in [6.45, 7) is 8.90. The Hall–Kier alpha value is -6.52. The zero-order chi connectivity index (χ0) is 43.5. The van der Waals surface area contributed by atoms with Gasteiger partial charge in [0.25, 0.3) is 5.91 Å². The third-order valence-electron chi connectivity index (χ3n) is 10.9. The van der Waals surface area contributed by atoms with E-state index in [9.17, 15) is 29.1 Å². The summed E-state index contributed by atoms with van der Waals surface area (Å²) in [6.07, 6.45) is 2.65. The quantitative estimate of drug-likeness (QED) is 0.0889. The number of amides is 5. The Morgan fingerprint density at radius 2 is 1.59 bits per heavy atom. The van der Waals surface area contributed by atoms with Crippen molar-refractivity contribution in [2.24, 2.45) is 11.8 Å². The maximum absolute atomic E-state index is 13.9. The summed E-state index contributed by atoms with van der Waals surface area (Å²) in [7, 11) is 0. The topological polar surface area (TPSA) is 230 Å². The van der Waals surface area contributed by atoms with Gasteiger partial charge in [-0.2, -0.15) is 5.21 Å². The first-order chi connectivity index (χ1) is 29.2. The number of hydrogen-bond acceptors (Lipinski definition) is 10. The SMILES string of the molecule is CCOc1cc(C(=O)NC2CCN(C(=O)O)CC2)ccc1-c1ccc(C[C@H](NC(=O)[C@H]2CC[C@H](CNC(=O)OC(C)(C)C)CC2)C(=O)Nc2ccc(-c3nn[nH]n3)cc2)cc1. The van der Waals surface area contributed by atoms with E-state index in [1.807, 2.05) is 58.0 Å². The second-order valence-electron chi connectivity index (χ2n) is 16.5. The van der Waals surface area contributed by atoms with Gasteiger partial charge in [-0.1, -0.05) is 24.3 Å². The van der Waals surface area contributed by atoms with Crippen LogP contribution in [0.1, 0.15) is 82.1 Å². The highest BCUT2D eigenvalue weighted by atomic mass is 16.6. The van der Waals surface area contributed by atoms with Crippen molar-refractivity contribution in [3.8, 4) is 28.3 Å². The minimum Gasteiger partial charge on any atom is -0.493 e. The van der Waals surface area contributed by atoms with Gasteiger partial charge in [-0.25, -0.2) is 9.59 Å². The first-order valence-electron chi connectivity index (χ1n) is 20.8. The number of nitrogens with zero attached hydrogens (tertiary/aromatic N) is 4. The number of aromatic amines is 1. The van der Waals surface area contributed by atoms with E-state index in [1.165, 1.54) is 4.90 Å². The number of hydrogen-bond donors (Lipinski definition) is 6. The lowest BCUT2D eigenvalue weighted by atomic mass is 9.81. The fraction of sp³-hybridized carbons (Fsp3) is 0.455. The van der Waals surface area contributed by atoms with Crippen LogP contribution in [0.15, 0.2) is 66.7 Å². The van der Waals surface area contributed by atoms with Gasteiger partial charge in [-0.15, -0.1) is 10.2 Å². The Balaban J connectivity index is 1.12. The van der Waals surface area contributed by atoms with Crippen molar-refractivity contribution in [3.63, 3.8) is 0 Å². The zero-order valence-electron chi connectivity index (χ0n) is 35.0. The summed E-state index contributed by atoms with van der Waals surface area (Å²) in [6, 6.07) is 18.9. The fourth-order valence-corrected chi connectivity index (χ4v) is 7.60. The van der Waals surface area contributed by atoms with Gasteiger partial charge in [0, 0.05) is 60.4 Å². The lowest BCUT2D eigenvalue weighted by Gasteiger charge is -2.30. The van der Waals surface area contributed by atoms with Gasteiger partial charge in [0.2, 0.25) is 17.6 Å². The summed E-state index contributed by atoms with van der Waals surface area (Å²) in [5.74, 6) is 0.0682. The van der Waals surface area contributed by atoms with E-state index in [-0.39, 0.29) is 42.0 Å². The average Bonchev–Trinajstić information content (AvgIpc) is 3.79. The molecule has 1 aliphatic carbocycles. The van der Waals surface area contributed by atoms with E-state index in [0.717, 1.165) is 29.5 Å². The summed E-state index contributed by atoms with van der Waals surface area (Å²) in [4.78, 5) is 65.7. The molecule has 6 rings (SSSR count). The number of H-pyrrole nitrogens is 1. The van der Waals surface area contributed by atoms with E-state index >= 15 is 0 Å². The molecule has 17 nitrogen and oxygen atoms in total. The maximum Gasteiger partial charge on any atom is 0.407 e. The van der Waals surface area contributed by atoms with Crippen LogP contribution in [0.2, 0.25) is 0 Å². The molecule has 2 heterocycles. The van der Waals surface area contributed by atoms with Crippen LogP contribution in [0.4, 0.5) is 15.3 Å². The van der Waals surface area contributed by atoms with Crippen molar-refractivity contribution in [1.82, 2.24) is 41.5 Å². The molecular weight excluding hydrogens is 783 g/mol. The highest BCUT2D eigenvalue weighted by Gasteiger charge is 2.31. The van der Waals surface area contributed by atoms with Crippen molar-refractivity contribution in [2.75, 3.05) is 31.6 Å². The lowest BCUT2D eigenvalue weighted by Crippen LogP contribution is -2.48. The Bertz CT molecular complexity index is 2120. The predicted octanol–water partition coefficient (Wildman–Crippen LogP) is 5.80. The van der Waals surface area contributed by atoms with E-state index in [0.29, 0.717) is 80.3 Å². The second-order valence-corrected chi connectivity index (χ2v) is 16.5. The van der Waals surface area contributed by atoms with Gasteiger partial charge < -0.3 is 40.7 Å². The molecule has 17 heteroatoms. The van der Waals surface area contributed by atoms with Gasteiger partial charge in [-0.05, 0) is 131 Å². The number of rotatable bonds is 14. The van der Waals surface area contributed by atoms with Gasteiger partial charge >= 0.3 is 12.2 Å². The molecule has 0 bridgehead atoms. The van der Waals surface area contributed by atoms with Crippen molar-refractivity contribution in [2.45, 2.75) is 90.3 Å².